The van der Waals surface area contributed by atoms with Crippen molar-refractivity contribution in [2.45, 2.75) is 25.3 Å². The Morgan fingerprint density at radius 3 is 2.76 bits per heavy atom. The predicted molar refractivity (Wildman–Crippen MR) is 73.4 cm³/mol. The highest BCUT2D eigenvalue weighted by atomic mass is 32.1. The lowest BCUT2D eigenvalue weighted by molar-refractivity contribution is 0.523. The zero-order chi connectivity index (χ0) is 11.9. The second-order valence-corrected chi connectivity index (χ2v) is 5.15. The average Bonchev–Trinajstić information content (AvgIpc) is 2.88. The fourth-order valence-electron chi connectivity index (χ4n) is 1.92. The molecule has 0 aliphatic heterocycles. The van der Waals surface area contributed by atoms with E-state index in [1.165, 1.54) is 16.9 Å². The number of thiazole rings is 1. The fourth-order valence-corrected chi connectivity index (χ4v) is 2.60. The number of aromatic nitrogens is 1. The summed E-state index contributed by atoms with van der Waals surface area (Å²) in [6.07, 6.45) is 5.34. The first kappa shape index (κ1) is 12.3. The van der Waals surface area contributed by atoms with Crippen molar-refractivity contribution in [2.75, 3.05) is 7.05 Å². The SMILES string of the molecule is CNC(CCc1ccccc1)Cc1cncs1. The molecule has 2 rings (SSSR count). The summed E-state index contributed by atoms with van der Waals surface area (Å²) in [6.45, 7) is 0. The Labute approximate surface area is 107 Å². The number of hydrogen-bond acceptors (Lipinski definition) is 3. The standard InChI is InChI=1S/C14H18N2S/c1-15-13(9-14-10-16-11-17-14)8-7-12-5-3-2-4-6-12/h2-6,10-11,13,15H,7-9H2,1H3. The van der Waals surface area contributed by atoms with Gasteiger partial charge in [0.1, 0.15) is 0 Å². The number of nitrogens with zero attached hydrogens (tertiary/aromatic N) is 1. The highest BCUT2D eigenvalue weighted by Crippen LogP contribution is 2.12. The van der Waals surface area contributed by atoms with Crippen molar-refractivity contribution in [1.82, 2.24) is 10.3 Å². The molecule has 0 aliphatic rings. The summed E-state index contributed by atoms with van der Waals surface area (Å²) in [6, 6.07) is 11.2. The van der Waals surface area contributed by atoms with Crippen molar-refractivity contribution in [1.29, 1.82) is 0 Å². The maximum atomic E-state index is 4.12. The van der Waals surface area contributed by atoms with Crippen LogP contribution in [0.4, 0.5) is 0 Å². The van der Waals surface area contributed by atoms with Crippen LogP contribution in [0.2, 0.25) is 0 Å². The fraction of sp³-hybridized carbons (Fsp3) is 0.357. The third-order valence-corrected chi connectivity index (χ3v) is 3.77. The first-order valence-electron chi connectivity index (χ1n) is 5.97. The lowest BCUT2D eigenvalue weighted by atomic mass is 10.0. The van der Waals surface area contributed by atoms with Crippen molar-refractivity contribution < 1.29 is 0 Å². The van der Waals surface area contributed by atoms with E-state index in [-0.39, 0.29) is 0 Å². The van der Waals surface area contributed by atoms with Crippen molar-refractivity contribution in [2.24, 2.45) is 0 Å². The minimum atomic E-state index is 0.538. The van der Waals surface area contributed by atoms with Gasteiger partial charge in [0.05, 0.1) is 5.51 Å². The molecule has 0 amide bonds. The van der Waals surface area contributed by atoms with Crippen LogP contribution >= 0.6 is 11.3 Å². The van der Waals surface area contributed by atoms with Gasteiger partial charge in [0.25, 0.3) is 0 Å². The first-order chi connectivity index (χ1) is 8.38. The summed E-state index contributed by atoms with van der Waals surface area (Å²) in [5.74, 6) is 0. The van der Waals surface area contributed by atoms with Gasteiger partial charge in [-0.05, 0) is 31.9 Å². The molecule has 1 aromatic carbocycles. The third kappa shape index (κ3) is 3.95. The van der Waals surface area contributed by atoms with Crippen LogP contribution in [0, 0.1) is 0 Å². The normalized spacial score (nSPS) is 12.5. The van der Waals surface area contributed by atoms with Crippen molar-refractivity contribution >= 4 is 11.3 Å². The minimum absolute atomic E-state index is 0.538. The Bertz CT molecular complexity index is 411. The lowest BCUT2D eigenvalue weighted by Crippen LogP contribution is -2.27. The van der Waals surface area contributed by atoms with Crippen LogP contribution in [0.1, 0.15) is 16.9 Å². The van der Waals surface area contributed by atoms with Gasteiger partial charge in [-0.3, -0.25) is 4.98 Å². The molecule has 3 heteroatoms. The largest absolute Gasteiger partial charge is 0.317 e. The molecule has 1 atom stereocenters. The van der Waals surface area contributed by atoms with E-state index in [1.807, 2.05) is 18.8 Å². The van der Waals surface area contributed by atoms with Crippen LogP contribution < -0.4 is 5.32 Å². The number of rotatable bonds is 6. The van der Waals surface area contributed by atoms with Crippen molar-refractivity contribution in [3.05, 3.63) is 52.5 Å². The molecule has 0 saturated heterocycles. The van der Waals surface area contributed by atoms with E-state index < -0.39 is 0 Å². The van der Waals surface area contributed by atoms with Crippen molar-refractivity contribution in [3.8, 4) is 0 Å². The molecule has 0 saturated carbocycles. The van der Waals surface area contributed by atoms with Gasteiger partial charge in [-0.15, -0.1) is 11.3 Å². The van der Waals surface area contributed by atoms with Gasteiger partial charge in [-0.1, -0.05) is 30.3 Å². The molecular weight excluding hydrogens is 228 g/mol. The quantitative estimate of drug-likeness (QED) is 0.847. The summed E-state index contributed by atoms with van der Waals surface area (Å²) < 4.78 is 0. The molecule has 0 aliphatic carbocycles. The smallest absolute Gasteiger partial charge is 0.0794 e. The summed E-state index contributed by atoms with van der Waals surface area (Å²) in [4.78, 5) is 5.48. The molecule has 0 bridgehead atoms. The molecule has 2 nitrogen and oxygen atoms in total. The van der Waals surface area contributed by atoms with Gasteiger partial charge in [0, 0.05) is 17.1 Å². The number of hydrogen-bond donors (Lipinski definition) is 1. The molecule has 0 fully saturated rings. The summed E-state index contributed by atoms with van der Waals surface area (Å²) in [5.41, 5.74) is 3.32. The zero-order valence-corrected chi connectivity index (χ0v) is 10.9. The molecule has 0 radical (unpaired) electrons. The molecular formula is C14H18N2S. The van der Waals surface area contributed by atoms with Crippen LogP contribution in [-0.4, -0.2) is 18.1 Å². The zero-order valence-electron chi connectivity index (χ0n) is 10.1. The van der Waals surface area contributed by atoms with Gasteiger partial charge in [-0.2, -0.15) is 0 Å². The number of benzene rings is 1. The van der Waals surface area contributed by atoms with Crippen LogP contribution in [0.3, 0.4) is 0 Å². The second kappa shape index (κ2) is 6.52. The van der Waals surface area contributed by atoms with E-state index in [1.54, 1.807) is 11.3 Å². The Hall–Kier alpha value is -1.19. The molecule has 17 heavy (non-hydrogen) atoms. The number of nitrogens with one attached hydrogen (secondary N) is 1. The Morgan fingerprint density at radius 1 is 1.29 bits per heavy atom. The lowest BCUT2D eigenvalue weighted by Gasteiger charge is -2.14. The van der Waals surface area contributed by atoms with Crippen LogP contribution in [0.5, 0.6) is 0 Å². The summed E-state index contributed by atoms with van der Waals surface area (Å²) in [7, 11) is 2.04. The van der Waals surface area contributed by atoms with E-state index in [4.69, 9.17) is 0 Å². The van der Waals surface area contributed by atoms with Gasteiger partial charge in [0.15, 0.2) is 0 Å². The first-order valence-corrected chi connectivity index (χ1v) is 6.85. The summed E-state index contributed by atoms with van der Waals surface area (Å²) >= 11 is 1.74. The molecule has 2 aromatic rings. The minimum Gasteiger partial charge on any atom is -0.317 e. The number of aryl methyl sites for hydroxylation is 1. The highest BCUT2D eigenvalue weighted by Gasteiger charge is 2.08. The molecule has 90 valence electrons. The highest BCUT2D eigenvalue weighted by molar-refractivity contribution is 7.09. The second-order valence-electron chi connectivity index (χ2n) is 4.18. The van der Waals surface area contributed by atoms with Gasteiger partial charge in [0.2, 0.25) is 0 Å². The molecule has 1 unspecified atom stereocenters. The van der Waals surface area contributed by atoms with Crippen molar-refractivity contribution in [3.63, 3.8) is 0 Å². The third-order valence-electron chi connectivity index (χ3n) is 2.96. The van der Waals surface area contributed by atoms with Crippen LogP contribution in [-0.2, 0) is 12.8 Å². The number of likely N-dealkylation sites (N-methyl/N-ethyl adjacent to an activating group) is 1. The van der Waals surface area contributed by atoms with Gasteiger partial charge in [-0.25, -0.2) is 0 Å². The average molecular weight is 246 g/mol. The topological polar surface area (TPSA) is 24.9 Å². The predicted octanol–water partition coefficient (Wildman–Crippen LogP) is 2.91. The van der Waals surface area contributed by atoms with Crippen LogP contribution in [0.15, 0.2) is 42.0 Å². The van der Waals surface area contributed by atoms with Gasteiger partial charge < -0.3 is 5.32 Å². The van der Waals surface area contributed by atoms with E-state index >= 15 is 0 Å². The van der Waals surface area contributed by atoms with E-state index in [0.29, 0.717) is 6.04 Å². The summed E-state index contributed by atoms with van der Waals surface area (Å²) in [5, 5.41) is 3.39. The Kier molecular flexibility index (Phi) is 4.71. The van der Waals surface area contributed by atoms with E-state index in [9.17, 15) is 0 Å². The monoisotopic (exact) mass is 246 g/mol. The Morgan fingerprint density at radius 2 is 2.12 bits per heavy atom. The van der Waals surface area contributed by atoms with E-state index in [2.05, 4.69) is 40.6 Å². The van der Waals surface area contributed by atoms with Gasteiger partial charge >= 0.3 is 0 Å². The van der Waals surface area contributed by atoms with Crippen LogP contribution in [0.25, 0.3) is 0 Å². The Balaban J connectivity index is 1.84. The molecule has 1 heterocycles. The van der Waals surface area contributed by atoms with E-state index in [0.717, 1.165) is 12.8 Å². The molecule has 1 N–H and O–H groups in total. The maximum Gasteiger partial charge on any atom is 0.0794 e. The molecule has 1 aromatic heterocycles. The molecule has 0 spiro atoms. The maximum absolute atomic E-state index is 4.12.